The second kappa shape index (κ2) is 5.78. The van der Waals surface area contributed by atoms with Crippen LogP contribution in [0.3, 0.4) is 0 Å². The zero-order chi connectivity index (χ0) is 13.8. The lowest BCUT2D eigenvalue weighted by atomic mass is 10.2. The molecule has 2 aromatic rings. The van der Waals surface area contributed by atoms with E-state index in [2.05, 4.69) is 40.8 Å². The van der Waals surface area contributed by atoms with Crippen molar-refractivity contribution in [2.45, 2.75) is 19.3 Å². The highest BCUT2D eigenvalue weighted by Gasteiger charge is 2.13. The number of aromatic nitrogens is 6. The molecule has 0 aliphatic carbocycles. The van der Waals surface area contributed by atoms with Crippen LogP contribution in [0.2, 0.25) is 0 Å². The van der Waals surface area contributed by atoms with Crippen molar-refractivity contribution in [1.82, 2.24) is 34.7 Å². The van der Waals surface area contributed by atoms with E-state index in [-0.39, 0.29) is 0 Å². The fourth-order valence-electron chi connectivity index (χ4n) is 2.09. The minimum atomic E-state index is 0.432. The molecule has 0 amide bonds. The Labute approximate surface area is 116 Å². The molecule has 0 unspecified atom stereocenters. The summed E-state index contributed by atoms with van der Waals surface area (Å²) in [6.45, 7) is 2.00. The summed E-state index contributed by atoms with van der Waals surface area (Å²) in [5, 5.41) is 9.09. The van der Waals surface area contributed by atoms with E-state index in [4.69, 9.17) is 0 Å². The van der Waals surface area contributed by atoms with Crippen molar-refractivity contribution in [1.29, 1.82) is 0 Å². The molecule has 106 valence electrons. The van der Waals surface area contributed by atoms with Gasteiger partial charge in [-0.2, -0.15) is 24.7 Å². The lowest BCUT2D eigenvalue weighted by Gasteiger charge is -2.26. The van der Waals surface area contributed by atoms with Gasteiger partial charge in [-0.25, -0.2) is 9.99 Å². The molecule has 0 radical (unpaired) electrons. The van der Waals surface area contributed by atoms with Gasteiger partial charge in [-0.1, -0.05) is 6.42 Å². The SMILES string of the molecule is CNc1nc(NN2CCCCC2)nc(-n2cncn2)n1. The minimum Gasteiger partial charge on any atom is -0.357 e. The van der Waals surface area contributed by atoms with E-state index in [1.54, 1.807) is 13.4 Å². The summed E-state index contributed by atoms with van der Waals surface area (Å²) in [4.78, 5) is 16.8. The van der Waals surface area contributed by atoms with Crippen molar-refractivity contribution < 1.29 is 0 Å². The fourth-order valence-corrected chi connectivity index (χ4v) is 2.09. The Hall–Kier alpha value is -2.29. The molecule has 9 nitrogen and oxygen atoms in total. The van der Waals surface area contributed by atoms with Crippen molar-refractivity contribution in [2.24, 2.45) is 0 Å². The predicted molar refractivity (Wildman–Crippen MR) is 73.3 cm³/mol. The second-order valence-corrected chi connectivity index (χ2v) is 4.53. The van der Waals surface area contributed by atoms with E-state index >= 15 is 0 Å². The van der Waals surface area contributed by atoms with Crippen molar-refractivity contribution >= 4 is 11.9 Å². The Morgan fingerprint density at radius 3 is 2.55 bits per heavy atom. The van der Waals surface area contributed by atoms with Crippen molar-refractivity contribution in [3.05, 3.63) is 12.7 Å². The standard InChI is InChI=1S/C11H17N9/c1-12-9-15-10(18-19-5-3-2-4-6-19)17-11(16-9)20-8-13-7-14-20/h7-8H,2-6H2,1H3,(H2,12,15,16,17,18). The average molecular weight is 275 g/mol. The molecular formula is C11H17N9. The first-order valence-corrected chi connectivity index (χ1v) is 6.65. The first-order valence-electron chi connectivity index (χ1n) is 6.65. The van der Waals surface area contributed by atoms with Gasteiger partial charge in [0.1, 0.15) is 12.7 Å². The van der Waals surface area contributed by atoms with E-state index in [1.807, 2.05) is 0 Å². The molecule has 1 aliphatic rings. The van der Waals surface area contributed by atoms with Crippen LogP contribution in [0.1, 0.15) is 19.3 Å². The Kier molecular flexibility index (Phi) is 3.68. The second-order valence-electron chi connectivity index (χ2n) is 4.53. The summed E-state index contributed by atoms with van der Waals surface area (Å²) in [5.41, 5.74) is 3.23. The third-order valence-corrected chi connectivity index (χ3v) is 3.09. The lowest BCUT2D eigenvalue weighted by molar-refractivity contribution is 0.271. The number of rotatable bonds is 4. The molecule has 20 heavy (non-hydrogen) atoms. The highest BCUT2D eigenvalue weighted by molar-refractivity contribution is 5.36. The molecule has 3 rings (SSSR count). The quantitative estimate of drug-likeness (QED) is 0.822. The molecular weight excluding hydrogens is 258 g/mol. The smallest absolute Gasteiger partial charge is 0.258 e. The normalized spacial score (nSPS) is 16.1. The van der Waals surface area contributed by atoms with Gasteiger partial charge in [0, 0.05) is 20.1 Å². The maximum Gasteiger partial charge on any atom is 0.258 e. The zero-order valence-electron chi connectivity index (χ0n) is 11.3. The molecule has 1 saturated heterocycles. The average Bonchev–Trinajstić information content (AvgIpc) is 3.02. The van der Waals surface area contributed by atoms with E-state index in [9.17, 15) is 0 Å². The van der Waals surface area contributed by atoms with Gasteiger partial charge in [0.05, 0.1) is 0 Å². The van der Waals surface area contributed by atoms with Gasteiger partial charge in [-0.3, -0.25) is 5.43 Å². The Bertz CT molecular complexity index is 547. The summed E-state index contributed by atoms with van der Waals surface area (Å²) in [6.07, 6.45) is 6.65. The number of nitrogens with zero attached hydrogens (tertiary/aromatic N) is 7. The largest absolute Gasteiger partial charge is 0.357 e. The first kappa shape index (κ1) is 12.7. The molecule has 0 spiro atoms. The third-order valence-electron chi connectivity index (χ3n) is 3.09. The molecule has 1 fully saturated rings. The lowest BCUT2D eigenvalue weighted by Crippen LogP contribution is -2.35. The van der Waals surface area contributed by atoms with Gasteiger partial charge in [0.15, 0.2) is 0 Å². The highest BCUT2D eigenvalue weighted by atomic mass is 15.5. The molecule has 0 saturated carbocycles. The van der Waals surface area contributed by atoms with Crippen molar-refractivity contribution in [3.63, 3.8) is 0 Å². The van der Waals surface area contributed by atoms with Crippen LogP contribution in [0, 0.1) is 0 Å². The molecule has 0 bridgehead atoms. The van der Waals surface area contributed by atoms with E-state index in [0.29, 0.717) is 17.8 Å². The minimum absolute atomic E-state index is 0.432. The first-order chi connectivity index (χ1) is 9.85. The molecule has 3 heterocycles. The summed E-state index contributed by atoms with van der Waals surface area (Å²) >= 11 is 0. The Morgan fingerprint density at radius 2 is 1.85 bits per heavy atom. The molecule has 0 atom stereocenters. The zero-order valence-corrected chi connectivity index (χ0v) is 11.3. The van der Waals surface area contributed by atoms with E-state index in [1.165, 1.54) is 30.3 Å². The van der Waals surface area contributed by atoms with Gasteiger partial charge in [-0.15, -0.1) is 0 Å². The van der Waals surface area contributed by atoms with Crippen LogP contribution < -0.4 is 10.7 Å². The van der Waals surface area contributed by atoms with Crippen LogP contribution in [-0.2, 0) is 0 Å². The summed E-state index contributed by atoms with van der Waals surface area (Å²) in [7, 11) is 1.77. The molecule has 0 aromatic carbocycles. The van der Waals surface area contributed by atoms with Gasteiger partial charge in [0.2, 0.25) is 11.9 Å². The maximum atomic E-state index is 4.36. The summed E-state index contributed by atoms with van der Waals surface area (Å²) in [6, 6.07) is 0. The number of nitrogens with one attached hydrogen (secondary N) is 2. The number of anilines is 2. The molecule has 2 N–H and O–H groups in total. The fraction of sp³-hybridized carbons (Fsp3) is 0.545. The number of hydrogen-bond acceptors (Lipinski definition) is 8. The number of hydrazine groups is 1. The van der Waals surface area contributed by atoms with E-state index < -0.39 is 0 Å². The Morgan fingerprint density at radius 1 is 1.05 bits per heavy atom. The monoisotopic (exact) mass is 275 g/mol. The van der Waals surface area contributed by atoms with Crippen molar-refractivity contribution in [2.75, 3.05) is 30.9 Å². The maximum absolute atomic E-state index is 4.36. The summed E-state index contributed by atoms with van der Waals surface area (Å²) < 4.78 is 1.50. The number of piperidine rings is 1. The summed E-state index contributed by atoms with van der Waals surface area (Å²) in [5.74, 6) is 1.43. The molecule has 2 aromatic heterocycles. The Balaban J connectivity index is 1.84. The van der Waals surface area contributed by atoms with Crippen LogP contribution in [-0.4, -0.2) is 54.9 Å². The molecule has 1 aliphatic heterocycles. The highest BCUT2D eigenvalue weighted by Crippen LogP contribution is 2.12. The number of hydrogen-bond donors (Lipinski definition) is 2. The molecule has 9 heteroatoms. The van der Waals surface area contributed by atoms with E-state index in [0.717, 1.165) is 13.1 Å². The van der Waals surface area contributed by atoms with Crippen LogP contribution in [0.15, 0.2) is 12.7 Å². The van der Waals surface area contributed by atoms with Crippen LogP contribution in [0.5, 0.6) is 0 Å². The van der Waals surface area contributed by atoms with Gasteiger partial charge < -0.3 is 5.32 Å². The van der Waals surface area contributed by atoms with Gasteiger partial charge in [0.25, 0.3) is 5.95 Å². The van der Waals surface area contributed by atoms with Crippen molar-refractivity contribution in [3.8, 4) is 5.95 Å². The van der Waals surface area contributed by atoms with Gasteiger partial charge >= 0.3 is 0 Å². The predicted octanol–water partition coefficient (Wildman–Crippen LogP) is 0.307. The van der Waals surface area contributed by atoms with Crippen LogP contribution >= 0.6 is 0 Å². The van der Waals surface area contributed by atoms with Gasteiger partial charge in [-0.05, 0) is 12.8 Å². The topological polar surface area (TPSA) is 96.7 Å². The third kappa shape index (κ3) is 2.82. The van der Waals surface area contributed by atoms with Crippen LogP contribution in [0.4, 0.5) is 11.9 Å². The van der Waals surface area contributed by atoms with Crippen LogP contribution in [0.25, 0.3) is 5.95 Å².